The third-order valence-electron chi connectivity index (χ3n) is 2.44. The van der Waals surface area contributed by atoms with Crippen LogP contribution in [-0.4, -0.2) is 77.4 Å². The second kappa shape index (κ2) is 6.24. The number of hydrogen-bond donors (Lipinski definition) is 4. The summed E-state index contributed by atoms with van der Waals surface area (Å²) in [5.74, 6) is -0.679. The molecule has 0 radical (unpaired) electrons. The molecule has 0 aliphatic carbocycles. The molecule has 100 valence electrons. The predicted molar refractivity (Wildman–Crippen MR) is 51.7 cm³/mol. The summed E-state index contributed by atoms with van der Waals surface area (Å²) in [6.45, 7) is -1.03. The molecular formula is C9H16O8. The third-order valence-corrected chi connectivity index (χ3v) is 2.44. The molecule has 0 aromatic heterocycles. The quantitative estimate of drug-likeness (QED) is 0.389. The van der Waals surface area contributed by atoms with Gasteiger partial charge in [0.05, 0.1) is 13.7 Å². The van der Waals surface area contributed by atoms with E-state index in [2.05, 4.69) is 4.74 Å². The molecule has 4 N–H and O–H groups in total. The van der Waals surface area contributed by atoms with Gasteiger partial charge < -0.3 is 34.6 Å². The number of esters is 1. The van der Waals surface area contributed by atoms with Gasteiger partial charge in [-0.1, -0.05) is 0 Å². The zero-order chi connectivity index (χ0) is 13.0. The first-order valence-electron chi connectivity index (χ1n) is 5.00. The first-order valence-corrected chi connectivity index (χ1v) is 5.00. The van der Waals surface area contributed by atoms with E-state index in [4.69, 9.17) is 14.6 Å². The lowest BCUT2D eigenvalue weighted by atomic mass is 9.99. The second-order valence-corrected chi connectivity index (χ2v) is 3.58. The lowest BCUT2D eigenvalue weighted by Gasteiger charge is -2.39. The molecule has 0 spiro atoms. The fraction of sp³-hybridized carbons (Fsp3) is 0.889. The van der Waals surface area contributed by atoms with E-state index >= 15 is 0 Å². The highest BCUT2D eigenvalue weighted by atomic mass is 16.7. The van der Waals surface area contributed by atoms with E-state index in [1.807, 2.05) is 0 Å². The van der Waals surface area contributed by atoms with Crippen LogP contribution in [0.3, 0.4) is 0 Å². The number of carbonyl (C=O) groups excluding carboxylic acids is 1. The van der Waals surface area contributed by atoms with E-state index in [1.54, 1.807) is 0 Å². The lowest BCUT2D eigenvalue weighted by Crippen LogP contribution is -2.59. The Balaban J connectivity index is 2.56. The van der Waals surface area contributed by atoms with Gasteiger partial charge in [-0.25, -0.2) is 4.79 Å². The van der Waals surface area contributed by atoms with E-state index in [0.29, 0.717) is 0 Å². The maximum absolute atomic E-state index is 10.8. The standard InChI is InChI=1S/C9H16O8/c1-15-5(11)3-16-9-8(14)7(13)6(12)4(2-10)17-9/h4,6-10,12-14H,2-3H2,1H3. The van der Waals surface area contributed by atoms with Crippen LogP contribution in [0.1, 0.15) is 0 Å². The van der Waals surface area contributed by atoms with Gasteiger partial charge in [-0.15, -0.1) is 0 Å². The minimum absolute atomic E-state index is 0.473. The van der Waals surface area contributed by atoms with Gasteiger partial charge in [-0.05, 0) is 0 Å². The molecule has 1 saturated heterocycles. The number of aliphatic hydroxyl groups excluding tert-OH is 4. The topological polar surface area (TPSA) is 126 Å². The number of hydrogen-bond acceptors (Lipinski definition) is 8. The molecule has 5 unspecified atom stereocenters. The van der Waals surface area contributed by atoms with Crippen LogP contribution in [0.2, 0.25) is 0 Å². The number of ether oxygens (including phenoxy) is 3. The minimum Gasteiger partial charge on any atom is -0.467 e. The Bertz CT molecular complexity index is 255. The normalized spacial score (nSPS) is 37.8. The molecule has 0 bridgehead atoms. The Morgan fingerprint density at radius 2 is 1.88 bits per heavy atom. The Labute approximate surface area is 97.3 Å². The average molecular weight is 252 g/mol. The van der Waals surface area contributed by atoms with Crippen LogP contribution < -0.4 is 0 Å². The van der Waals surface area contributed by atoms with Crippen LogP contribution in [0.4, 0.5) is 0 Å². The summed E-state index contributed by atoms with van der Waals surface area (Å²) in [7, 11) is 1.17. The summed E-state index contributed by atoms with van der Waals surface area (Å²) < 4.78 is 14.2. The molecule has 1 aliphatic heterocycles. The summed E-state index contributed by atoms with van der Waals surface area (Å²) in [6, 6.07) is 0. The maximum atomic E-state index is 10.8. The van der Waals surface area contributed by atoms with E-state index in [0.717, 1.165) is 0 Å². The number of methoxy groups -OCH3 is 1. The molecule has 8 nitrogen and oxygen atoms in total. The highest BCUT2D eigenvalue weighted by Gasteiger charge is 2.44. The number of carbonyl (C=O) groups is 1. The Morgan fingerprint density at radius 1 is 1.24 bits per heavy atom. The van der Waals surface area contributed by atoms with Crippen LogP contribution >= 0.6 is 0 Å². The summed E-state index contributed by atoms with van der Waals surface area (Å²) in [5, 5.41) is 37.3. The van der Waals surface area contributed by atoms with Crippen molar-refractivity contribution in [2.75, 3.05) is 20.3 Å². The Kier molecular flexibility index (Phi) is 5.25. The number of aliphatic hydroxyl groups is 4. The van der Waals surface area contributed by atoms with Gasteiger partial charge in [-0.3, -0.25) is 0 Å². The monoisotopic (exact) mass is 252 g/mol. The molecular weight excluding hydrogens is 236 g/mol. The van der Waals surface area contributed by atoms with E-state index in [-0.39, 0.29) is 0 Å². The van der Waals surface area contributed by atoms with Gasteiger partial charge in [-0.2, -0.15) is 0 Å². The van der Waals surface area contributed by atoms with Crippen molar-refractivity contribution in [2.45, 2.75) is 30.7 Å². The molecule has 8 heteroatoms. The minimum atomic E-state index is -1.52. The van der Waals surface area contributed by atoms with Gasteiger partial charge in [0, 0.05) is 0 Å². The zero-order valence-electron chi connectivity index (χ0n) is 9.22. The van der Waals surface area contributed by atoms with E-state index in [9.17, 15) is 20.1 Å². The van der Waals surface area contributed by atoms with Crippen molar-refractivity contribution >= 4 is 5.97 Å². The van der Waals surface area contributed by atoms with Gasteiger partial charge in [0.1, 0.15) is 31.0 Å². The molecule has 1 fully saturated rings. The molecule has 1 heterocycles. The second-order valence-electron chi connectivity index (χ2n) is 3.58. The van der Waals surface area contributed by atoms with Crippen LogP contribution in [0.15, 0.2) is 0 Å². The molecule has 0 aromatic carbocycles. The fourth-order valence-corrected chi connectivity index (χ4v) is 1.41. The highest BCUT2D eigenvalue weighted by molar-refractivity contribution is 5.70. The van der Waals surface area contributed by atoms with E-state index in [1.165, 1.54) is 7.11 Å². The van der Waals surface area contributed by atoms with Gasteiger partial charge >= 0.3 is 5.97 Å². The molecule has 0 aromatic rings. The van der Waals surface area contributed by atoms with Gasteiger partial charge in [0.15, 0.2) is 6.29 Å². The zero-order valence-corrected chi connectivity index (χ0v) is 9.22. The van der Waals surface area contributed by atoms with Crippen LogP contribution in [0, 0.1) is 0 Å². The summed E-state index contributed by atoms with van der Waals surface area (Å²) in [4.78, 5) is 10.8. The molecule has 0 saturated carbocycles. The van der Waals surface area contributed by atoms with Crippen molar-refractivity contribution in [3.05, 3.63) is 0 Å². The smallest absolute Gasteiger partial charge is 0.331 e. The van der Waals surface area contributed by atoms with Crippen molar-refractivity contribution in [1.29, 1.82) is 0 Å². The highest BCUT2D eigenvalue weighted by Crippen LogP contribution is 2.21. The molecule has 5 atom stereocenters. The van der Waals surface area contributed by atoms with Crippen LogP contribution in [0.25, 0.3) is 0 Å². The molecule has 17 heavy (non-hydrogen) atoms. The molecule has 1 aliphatic rings. The fourth-order valence-electron chi connectivity index (χ4n) is 1.41. The van der Waals surface area contributed by atoms with E-state index < -0.39 is 49.9 Å². The van der Waals surface area contributed by atoms with Crippen LogP contribution in [0.5, 0.6) is 0 Å². The summed E-state index contributed by atoms with van der Waals surface area (Å²) in [6.07, 6.45) is -6.87. The summed E-state index contributed by atoms with van der Waals surface area (Å²) >= 11 is 0. The largest absolute Gasteiger partial charge is 0.467 e. The summed E-state index contributed by atoms with van der Waals surface area (Å²) in [5.41, 5.74) is 0. The Hall–Kier alpha value is -0.770. The lowest BCUT2D eigenvalue weighted by molar-refractivity contribution is -0.300. The predicted octanol–water partition coefficient (Wildman–Crippen LogP) is -3.02. The van der Waals surface area contributed by atoms with Crippen LogP contribution in [-0.2, 0) is 19.0 Å². The van der Waals surface area contributed by atoms with Gasteiger partial charge in [0.25, 0.3) is 0 Å². The molecule has 0 amide bonds. The van der Waals surface area contributed by atoms with Crippen molar-refractivity contribution in [3.63, 3.8) is 0 Å². The van der Waals surface area contributed by atoms with Crippen molar-refractivity contribution in [1.82, 2.24) is 0 Å². The first kappa shape index (κ1) is 14.3. The Morgan fingerprint density at radius 3 is 2.41 bits per heavy atom. The van der Waals surface area contributed by atoms with Crippen molar-refractivity contribution in [3.8, 4) is 0 Å². The third kappa shape index (κ3) is 3.35. The van der Waals surface area contributed by atoms with Gasteiger partial charge in [0.2, 0.25) is 0 Å². The maximum Gasteiger partial charge on any atom is 0.331 e. The number of rotatable bonds is 4. The average Bonchev–Trinajstić information content (AvgIpc) is 2.34. The van der Waals surface area contributed by atoms with Crippen molar-refractivity contribution in [2.24, 2.45) is 0 Å². The van der Waals surface area contributed by atoms with Crippen molar-refractivity contribution < 1.29 is 39.4 Å². The first-order chi connectivity index (χ1) is 8.01. The SMILES string of the molecule is COC(=O)COC1OC(CO)C(O)C(O)C1O. The molecule has 1 rings (SSSR count).